The van der Waals surface area contributed by atoms with Crippen LogP contribution in [0, 0.1) is 5.92 Å². The molecule has 0 radical (unpaired) electrons. The van der Waals surface area contributed by atoms with Crippen LogP contribution in [0.1, 0.15) is 38.8 Å². The number of anilines is 1. The van der Waals surface area contributed by atoms with Gasteiger partial charge in [0.15, 0.2) is 0 Å². The molecule has 0 aliphatic carbocycles. The SMILES string of the molecule is CC(C)(C)OC(=O)C1CC(C(=O)O)C(c2ccccc2)N1C(=O)CNC(=O)Nc1cccc(SCC(=O)O)c1. The summed E-state index contributed by atoms with van der Waals surface area (Å²) in [6.45, 7) is 4.53. The van der Waals surface area contributed by atoms with Crippen molar-refractivity contribution in [2.45, 2.75) is 49.8 Å². The minimum atomic E-state index is -1.16. The van der Waals surface area contributed by atoms with E-state index in [1.54, 1.807) is 75.4 Å². The van der Waals surface area contributed by atoms with Gasteiger partial charge in [-0.15, -0.1) is 11.8 Å². The highest BCUT2D eigenvalue weighted by molar-refractivity contribution is 8.00. The number of ether oxygens (including phenoxy) is 1. The molecule has 0 bridgehead atoms. The number of hydrogen-bond acceptors (Lipinski definition) is 7. The minimum absolute atomic E-state index is 0.136. The lowest BCUT2D eigenvalue weighted by Crippen LogP contribution is -2.48. The van der Waals surface area contributed by atoms with Gasteiger partial charge in [0.2, 0.25) is 5.91 Å². The zero-order valence-electron chi connectivity index (χ0n) is 21.7. The van der Waals surface area contributed by atoms with Crippen molar-refractivity contribution in [3.05, 3.63) is 60.2 Å². The molecule has 11 nitrogen and oxygen atoms in total. The summed E-state index contributed by atoms with van der Waals surface area (Å²) in [7, 11) is 0. The third kappa shape index (κ3) is 8.21. The molecule has 1 heterocycles. The van der Waals surface area contributed by atoms with Crippen molar-refractivity contribution in [3.63, 3.8) is 0 Å². The Morgan fingerprint density at radius 1 is 1.03 bits per heavy atom. The average molecular weight is 558 g/mol. The fourth-order valence-corrected chi connectivity index (χ4v) is 4.96. The van der Waals surface area contributed by atoms with E-state index in [-0.39, 0.29) is 12.2 Å². The number of rotatable bonds is 9. The summed E-state index contributed by atoms with van der Waals surface area (Å²) in [5, 5.41) is 23.8. The molecule has 0 saturated carbocycles. The Labute approximate surface area is 229 Å². The number of likely N-dealkylation sites (tertiary alicyclic amines) is 1. The number of esters is 1. The largest absolute Gasteiger partial charge is 0.481 e. The number of carboxylic acid groups (broad SMARTS) is 2. The molecule has 2 aromatic rings. The second-order valence-corrected chi connectivity index (χ2v) is 11.0. The van der Waals surface area contributed by atoms with Gasteiger partial charge in [0.25, 0.3) is 0 Å². The highest BCUT2D eigenvalue weighted by Gasteiger charge is 2.51. The average Bonchev–Trinajstić information content (AvgIpc) is 3.27. The number of amides is 3. The molecule has 1 fully saturated rings. The van der Waals surface area contributed by atoms with E-state index < -0.39 is 60.0 Å². The van der Waals surface area contributed by atoms with Gasteiger partial charge in [-0.3, -0.25) is 14.4 Å². The highest BCUT2D eigenvalue weighted by Crippen LogP contribution is 2.42. The number of carbonyl (C=O) groups is 5. The normalized spacial score (nSPS) is 18.7. The second kappa shape index (κ2) is 12.7. The van der Waals surface area contributed by atoms with Crippen molar-refractivity contribution >= 4 is 47.3 Å². The minimum Gasteiger partial charge on any atom is -0.481 e. The molecule has 3 unspecified atom stereocenters. The first-order valence-electron chi connectivity index (χ1n) is 12.2. The number of carboxylic acids is 2. The molecule has 4 N–H and O–H groups in total. The maximum absolute atomic E-state index is 13.5. The molecule has 0 aromatic heterocycles. The summed E-state index contributed by atoms with van der Waals surface area (Å²) in [5.74, 6) is -4.70. The molecule has 1 aliphatic heterocycles. The Morgan fingerprint density at radius 2 is 1.72 bits per heavy atom. The van der Waals surface area contributed by atoms with Gasteiger partial charge in [-0.2, -0.15) is 0 Å². The molecule has 2 aromatic carbocycles. The van der Waals surface area contributed by atoms with E-state index in [2.05, 4.69) is 10.6 Å². The maximum Gasteiger partial charge on any atom is 0.329 e. The lowest BCUT2D eigenvalue weighted by atomic mass is 9.93. The van der Waals surface area contributed by atoms with Gasteiger partial charge in [0.05, 0.1) is 24.3 Å². The number of hydrogen-bond donors (Lipinski definition) is 4. The van der Waals surface area contributed by atoms with Crippen LogP contribution in [0.4, 0.5) is 10.5 Å². The number of nitrogens with one attached hydrogen (secondary N) is 2. The Hall–Kier alpha value is -4.06. The van der Waals surface area contributed by atoms with E-state index in [0.717, 1.165) is 11.8 Å². The number of benzene rings is 2. The zero-order valence-corrected chi connectivity index (χ0v) is 22.6. The molecule has 3 rings (SSSR count). The van der Waals surface area contributed by atoms with E-state index in [9.17, 15) is 29.1 Å². The van der Waals surface area contributed by atoms with Crippen LogP contribution in [0.25, 0.3) is 0 Å². The fourth-order valence-electron chi connectivity index (χ4n) is 4.29. The first-order chi connectivity index (χ1) is 18.4. The van der Waals surface area contributed by atoms with Crippen molar-refractivity contribution in [2.75, 3.05) is 17.6 Å². The van der Waals surface area contributed by atoms with Crippen molar-refractivity contribution in [3.8, 4) is 0 Å². The third-order valence-electron chi connectivity index (χ3n) is 5.77. The van der Waals surface area contributed by atoms with Crippen molar-refractivity contribution < 1.29 is 38.9 Å². The number of nitrogens with zero attached hydrogens (tertiary/aromatic N) is 1. The van der Waals surface area contributed by atoms with Crippen molar-refractivity contribution in [2.24, 2.45) is 5.92 Å². The van der Waals surface area contributed by atoms with Crippen LogP contribution in [-0.4, -0.2) is 68.9 Å². The summed E-state index contributed by atoms with van der Waals surface area (Å²) in [5.41, 5.74) is 0.0748. The van der Waals surface area contributed by atoms with Gasteiger partial charge >= 0.3 is 23.9 Å². The van der Waals surface area contributed by atoms with E-state index in [1.807, 2.05) is 0 Å². The first kappa shape index (κ1) is 29.5. The fraction of sp³-hybridized carbons (Fsp3) is 0.370. The summed E-state index contributed by atoms with van der Waals surface area (Å²) in [6, 6.07) is 12.3. The van der Waals surface area contributed by atoms with E-state index in [1.165, 1.54) is 4.90 Å². The molecule has 39 heavy (non-hydrogen) atoms. The molecule has 3 amide bonds. The van der Waals surface area contributed by atoms with E-state index in [4.69, 9.17) is 9.84 Å². The van der Waals surface area contributed by atoms with Gasteiger partial charge in [0, 0.05) is 10.6 Å². The number of carbonyl (C=O) groups excluding carboxylic acids is 3. The Bertz CT molecular complexity index is 1230. The van der Waals surface area contributed by atoms with Crippen LogP contribution in [0.3, 0.4) is 0 Å². The lowest BCUT2D eigenvalue weighted by Gasteiger charge is -2.32. The maximum atomic E-state index is 13.5. The van der Waals surface area contributed by atoms with Gasteiger partial charge < -0.3 is 30.5 Å². The van der Waals surface area contributed by atoms with Gasteiger partial charge in [-0.05, 0) is 51.0 Å². The molecular weight excluding hydrogens is 526 g/mol. The topological polar surface area (TPSA) is 162 Å². The van der Waals surface area contributed by atoms with E-state index in [0.29, 0.717) is 16.1 Å². The molecular formula is C27H31N3O8S. The number of urea groups is 1. The molecule has 208 valence electrons. The molecule has 1 saturated heterocycles. The van der Waals surface area contributed by atoms with E-state index >= 15 is 0 Å². The van der Waals surface area contributed by atoms with Crippen molar-refractivity contribution in [1.82, 2.24) is 10.2 Å². The van der Waals surface area contributed by atoms with Crippen LogP contribution in [0.2, 0.25) is 0 Å². The van der Waals surface area contributed by atoms with Crippen LogP contribution in [0.5, 0.6) is 0 Å². The first-order valence-corrected chi connectivity index (χ1v) is 13.2. The quantitative estimate of drug-likeness (QED) is 0.267. The van der Waals surface area contributed by atoms with Crippen LogP contribution in [0.15, 0.2) is 59.5 Å². The molecule has 1 aliphatic rings. The van der Waals surface area contributed by atoms with Gasteiger partial charge in [-0.1, -0.05) is 36.4 Å². The standard InChI is InChI=1S/C27H31N3O8S/c1-27(2,3)38-25(36)20-13-19(24(34)35)23(16-8-5-4-6-9-16)30(20)21(31)14-28-26(37)29-17-10-7-11-18(12-17)39-15-22(32)33/h4-12,19-20,23H,13-15H2,1-3H3,(H,32,33)(H,34,35)(H2,28,29,37). The van der Waals surface area contributed by atoms with Crippen LogP contribution >= 0.6 is 11.8 Å². The summed E-state index contributed by atoms with van der Waals surface area (Å²) >= 11 is 1.09. The summed E-state index contributed by atoms with van der Waals surface area (Å²) < 4.78 is 5.50. The van der Waals surface area contributed by atoms with Crippen LogP contribution in [-0.2, 0) is 23.9 Å². The molecule has 3 atom stereocenters. The van der Waals surface area contributed by atoms with Crippen LogP contribution < -0.4 is 10.6 Å². The Balaban J connectivity index is 1.78. The predicted molar refractivity (Wildman–Crippen MR) is 143 cm³/mol. The lowest BCUT2D eigenvalue weighted by molar-refractivity contribution is -0.164. The molecule has 0 spiro atoms. The summed E-state index contributed by atoms with van der Waals surface area (Å²) in [4.78, 5) is 63.9. The Kier molecular flexibility index (Phi) is 9.57. The molecule has 12 heteroatoms. The smallest absolute Gasteiger partial charge is 0.329 e. The number of thioether (sulfide) groups is 1. The monoisotopic (exact) mass is 557 g/mol. The van der Waals surface area contributed by atoms with Gasteiger partial charge in [0.1, 0.15) is 11.6 Å². The van der Waals surface area contributed by atoms with Gasteiger partial charge in [-0.25, -0.2) is 9.59 Å². The highest BCUT2D eigenvalue weighted by atomic mass is 32.2. The Morgan fingerprint density at radius 3 is 2.33 bits per heavy atom. The zero-order chi connectivity index (χ0) is 28.7. The predicted octanol–water partition coefficient (Wildman–Crippen LogP) is 3.37. The van der Waals surface area contributed by atoms with Crippen molar-refractivity contribution in [1.29, 1.82) is 0 Å². The summed E-state index contributed by atoms with van der Waals surface area (Å²) in [6.07, 6.45) is -0.136. The third-order valence-corrected chi connectivity index (χ3v) is 6.75. The number of aliphatic carboxylic acids is 2. The second-order valence-electron chi connectivity index (χ2n) is 9.90.